The SMILES string of the molecule is CC(C)(C)OC(=O)N1CCC(Oc2cc3nc(Nc4cccc(F)c4)ncc3cc2-c2nccs2)C[C@@H]1C(N)=O.COC(=O)[C@H]1CC(Oc2cc3nc(Nc4cccc(F)c4)ncc3cc2-c2nccs2)CCN1C(=O)OC(C)(C)C. The van der Waals surface area contributed by atoms with Crippen LogP contribution in [0.1, 0.15) is 67.2 Å². The van der Waals surface area contributed by atoms with Gasteiger partial charge in [0.25, 0.3) is 0 Å². The number of nitrogens with two attached hydrogens (primary N) is 1. The summed E-state index contributed by atoms with van der Waals surface area (Å²) in [5.74, 6) is -0.261. The lowest BCUT2D eigenvalue weighted by molar-refractivity contribution is -0.149. The van der Waals surface area contributed by atoms with Crippen LogP contribution in [-0.2, 0) is 23.8 Å². The quantitative estimate of drug-likeness (QED) is 0.0760. The number of halogens is 2. The van der Waals surface area contributed by atoms with Crippen molar-refractivity contribution >= 4 is 91.8 Å². The van der Waals surface area contributed by atoms with Gasteiger partial charge in [0.2, 0.25) is 17.8 Å². The number of carbonyl (C=O) groups excluding carboxylic acids is 4. The third kappa shape index (κ3) is 14.6. The third-order valence-corrected chi connectivity index (χ3v) is 14.2. The summed E-state index contributed by atoms with van der Waals surface area (Å²) in [5, 5.41) is 12.8. The molecule has 4 aromatic heterocycles. The highest BCUT2D eigenvalue weighted by Gasteiger charge is 2.41. The molecule has 2 aliphatic rings. The summed E-state index contributed by atoms with van der Waals surface area (Å²) in [7, 11) is 1.29. The molecule has 2 unspecified atom stereocenters. The number of likely N-dealkylation sites (tertiary alicyclic amines) is 2. The number of benzene rings is 4. The summed E-state index contributed by atoms with van der Waals surface area (Å²) < 4.78 is 56.3. The first-order valence-electron chi connectivity index (χ1n) is 25.8. The highest BCUT2D eigenvalue weighted by atomic mass is 32.1. The maximum absolute atomic E-state index is 13.7. The number of primary amides is 1. The lowest BCUT2D eigenvalue weighted by Gasteiger charge is -2.38. The van der Waals surface area contributed by atoms with Gasteiger partial charge in [-0.05, 0) is 90.1 Å². The van der Waals surface area contributed by atoms with Crippen molar-refractivity contribution in [3.8, 4) is 32.6 Å². The van der Waals surface area contributed by atoms with E-state index in [1.54, 1.807) is 103 Å². The standard InChI is InChI=1S/C29H30FN5O5S.C28H29FN6O4S/c1-29(2,3)40-28(37)35-10-8-20(14-23(35)26(36)38-4)39-24-15-22-17(12-21(24)25-31-9-11-41-25)16-32-27(34-22)33-19-7-5-6-18(30)13-19;1-28(2,3)39-27(37)35-9-7-19(13-22(35)24(30)36)38-23-14-21-16(11-20(23)25-31-8-10-40-25)15-32-26(34-21)33-18-6-4-5-17(29)12-18/h5-7,9,11-13,15-16,20,23H,8,10,14H2,1-4H3,(H,32,33,34);4-6,8,10-12,14-15,19,22H,7,9,13H2,1-3H3,(H2,30,36)(H,32,33,34)/t20?,23-;19?,22-/m11/s1. The third-order valence-electron chi connectivity index (χ3n) is 12.6. The zero-order chi connectivity index (χ0) is 57.6. The molecule has 24 heteroatoms. The molecule has 10 rings (SSSR count). The van der Waals surface area contributed by atoms with Crippen molar-refractivity contribution in [2.75, 3.05) is 30.8 Å². The van der Waals surface area contributed by atoms with Gasteiger partial charge in [-0.15, -0.1) is 22.7 Å². The van der Waals surface area contributed by atoms with Gasteiger partial charge >= 0.3 is 18.2 Å². The van der Waals surface area contributed by atoms with Gasteiger partial charge in [-0.2, -0.15) is 0 Å². The van der Waals surface area contributed by atoms with Gasteiger partial charge < -0.3 is 40.1 Å². The molecule has 6 heterocycles. The summed E-state index contributed by atoms with van der Waals surface area (Å²) in [6.07, 6.45) is 6.17. The molecule has 2 aliphatic heterocycles. The number of aromatic nitrogens is 6. The number of hydrogen-bond donors (Lipinski definition) is 3. The van der Waals surface area contributed by atoms with Crippen molar-refractivity contribution in [2.45, 2.75) is 103 Å². The van der Waals surface area contributed by atoms with Gasteiger partial charge in [-0.3, -0.25) is 14.6 Å². The molecule has 2 saturated heterocycles. The van der Waals surface area contributed by atoms with E-state index in [0.717, 1.165) is 31.9 Å². The van der Waals surface area contributed by atoms with Gasteiger partial charge in [0.15, 0.2) is 0 Å². The first kappa shape index (κ1) is 57.1. The van der Waals surface area contributed by atoms with Crippen LogP contribution in [0.4, 0.5) is 41.6 Å². The second-order valence-corrected chi connectivity index (χ2v) is 22.8. The number of piperidine rings is 2. The van der Waals surface area contributed by atoms with Crippen molar-refractivity contribution in [1.82, 2.24) is 39.7 Å². The van der Waals surface area contributed by atoms with Gasteiger partial charge in [-0.25, -0.2) is 53.1 Å². The second-order valence-electron chi connectivity index (χ2n) is 21.0. The molecule has 0 spiro atoms. The van der Waals surface area contributed by atoms with E-state index in [1.165, 1.54) is 63.8 Å². The van der Waals surface area contributed by atoms with Crippen LogP contribution in [0.5, 0.6) is 11.5 Å². The number of ether oxygens (including phenoxy) is 5. The summed E-state index contributed by atoms with van der Waals surface area (Å²) in [6, 6.07) is 17.7. The smallest absolute Gasteiger partial charge is 0.411 e. The largest absolute Gasteiger partial charge is 0.489 e. The Bertz CT molecular complexity index is 3570. The average Bonchev–Trinajstić information content (AvgIpc) is 4.21. The molecule has 81 heavy (non-hydrogen) atoms. The molecule has 0 aliphatic carbocycles. The number of hydrogen-bond acceptors (Lipinski definition) is 19. The second kappa shape index (κ2) is 24.4. The molecule has 4 atom stereocenters. The molecule has 422 valence electrons. The van der Waals surface area contributed by atoms with Crippen LogP contribution in [0.2, 0.25) is 0 Å². The molecule has 8 aromatic rings. The van der Waals surface area contributed by atoms with E-state index in [-0.39, 0.29) is 37.6 Å². The van der Waals surface area contributed by atoms with E-state index in [1.807, 2.05) is 22.9 Å². The van der Waals surface area contributed by atoms with E-state index in [0.29, 0.717) is 58.6 Å². The Kier molecular flexibility index (Phi) is 17.2. The molecule has 0 saturated carbocycles. The van der Waals surface area contributed by atoms with E-state index < -0.39 is 59.6 Å². The van der Waals surface area contributed by atoms with Crippen molar-refractivity contribution in [3.05, 3.63) is 120 Å². The predicted octanol–water partition coefficient (Wildman–Crippen LogP) is 11.2. The number of anilines is 4. The van der Waals surface area contributed by atoms with E-state index in [4.69, 9.17) is 29.4 Å². The zero-order valence-corrected chi connectivity index (χ0v) is 47.0. The first-order valence-corrected chi connectivity index (χ1v) is 27.6. The molecular formula is C57H59F2N11O9S2. The molecule has 2 fully saturated rings. The van der Waals surface area contributed by atoms with Gasteiger partial charge in [0.1, 0.15) is 68.6 Å². The lowest BCUT2D eigenvalue weighted by atomic mass is 9.99. The topological polar surface area (TPSA) is 248 Å². The fourth-order valence-corrected chi connectivity index (χ4v) is 10.3. The fraction of sp³-hybridized carbons (Fsp3) is 0.333. The number of carbonyl (C=O) groups is 4. The Hall–Kier alpha value is -8.64. The van der Waals surface area contributed by atoms with Gasteiger partial charge in [0, 0.05) is 109 Å². The summed E-state index contributed by atoms with van der Waals surface area (Å²) >= 11 is 2.92. The highest BCUT2D eigenvalue weighted by molar-refractivity contribution is 7.13. The summed E-state index contributed by atoms with van der Waals surface area (Å²) in [6.45, 7) is 11.1. The highest BCUT2D eigenvalue weighted by Crippen LogP contribution is 2.39. The minimum absolute atomic E-state index is 0.208. The fourth-order valence-electron chi connectivity index (χ4n) is 9.02. The Morgan fingerprint density at radius 1 is 0.630 bits per heavy atom. The van der Waals surface area contributed by atoms with Crippen molar-refractivity contribution in [1.29, 1.82) is 0 Å². The maximum atomic E-state index is 13.7. The Balaban J connectivity index is 0.000000196. The first-order chi connectivity index (χ1) is 38.6. The number of nitrogens with one attached hydrogen (secondary N) is 2. The van der Waals surface area contributed by atoms with Crippen LogP contribution in [-0.4, -0.2) is 119 Å². The minimum Gasteiger partial charge on any atom is -0.489 e. The Morgan fingerprint density at radius 2 is 1.07 bits per heavy atom. The van der Waals surface area contributed by atoms with Crippen molar-refractivity contribution in [2.24, 2.45) is 5.73 Å². The Labute approximate surface area is 473 Å². The molecule has 20 nitrogen and oxygen atoms in total. The number of nitrogens with zero attached hydrogens (tertiary/aromatic N) is 8. The molecule has 0 bridgehead atoms. The number of esters is 1. The van der Waals surface area contributed by atoms with Crippen LogP contribution in [0.25, 0.3) is 42.9 Å². The Morgan fingerprint density at radius 3 is 1.47 bits per heavy atom. The molecule has 0 radical (unpaired) electrons. The van der Waals surface area contributed by atoms with Crippen LogP contribution >= 0.6 is 22.7 Å². The van der Waals surface area contributed by atoms with Crippen LogP contribution in [0.3, 0.4) is 0 Å². The van der Waals surface area contributed by atoms with Crippen molar-refractivity contribution in [3.63, 3.8) is 0 Å². The van der Waals surface area contributed by atoms with Crippen molar-refractivity contribution < 1.29 is 51.6 Å². The van der Waals surface area contributed by atoms with Crippen LogP contribution < -0.4 is 25.8 Å². The lowest BCUT2D eigenvalue weighted by Crippen LogP contribution is -2.55. The maximum Gasteiger partial charge on any atom is 0.411 e. The van der Waals surface area contributed by atoms with E-state index in [2.05, 4.69) is 40.5 Å². The predicted molar refractivity (Wildman–Crippen MR) is 303 cm³/mol. The summed E-state index contributed by atoms with van der Waals surface area (Å²) in [4.78, 5) is 80.3. The van der Waals surface area contributed by atoms with Crippen LogP contribution in [0.15, 0.2) is 108 Å². The molecule has 4 N–H and O–H groups in total. The minimum atomic E-state index is -0.873. The molecule has 4 aromatic carbocycles. The number of methoxy groups -OCH3 is 1. The number of rotatable bonds is 12. The van der Waals surface area contributed by atoms with Gasteiger partial charge in [0.05, 0.1) is 29.3 Å². The normalized spacial score (nSPS) is 17.3. The monoisotopic (exact) mass is 1140 g/mol. The van der Waals surface area contributed by atoms with E-state index in [9.17, 15) is 28.0 Å². The average molecular weight is 1140 g/mol. The summed E-state index contributed by atoms with van der Waals surface area (Å²) in [5.41, 5.74) is 8.02. The van der Waals surface area contributed by atoms with E-state index >= 15 is 0 Å². The number of thiazole rings is 2. The van der Waals surface area contributed by atoms with Gasteiger partial charge in [-0.1, -0.05) is 12.1 Å². The van der Waals surface area contributed by atoms with Crippen LogP contribution in [0, 0.1) is 11.6 Å². The molecular weight excluding hydrogens is 1080 g/mol. The zero-order valence-electron chi connectivity index (χ0n) is 45.3. The number of amides is 3. The molecule has 3 amide bonds. The number of fused-ring (bicyclic) bond motifs is 2.